The highest BCUT2D eigenvalue weighted by molar-refractivity contribution is 6.30. The Morgan fingerprint density at radius 1 is 1.27 bits per heavy atom. The third kappa shape index (κ3) is 3.07. The lowest BCUT2D eigenvalue weighted by Crippen LogP contribution is -2.39. The van der Waals surface area contributed by atoms with Crippen molar-refractivity contribution in [2.75, 3.05) is 6.54 Å². The van der Waals surface area contributed by atoms with E-state index in [2.05, 4.69) is 15.4 Å². The molecule has 1 aromatic carbocycles. The van der Waals surface area contributed by atoms with Gasteiger partial charge in [0.2, 0.25) is 0 Å². The smallest absolute Gasteiger partial charge is 0.290 e. The summed E-state index contributed by atoms with van der Waals surface area (Å²) in [7, 11) is 5.58. The molecule has 2 radical (unpaired) electrons. The number of hydrogen-bond acceptors (Lipinski definition) is 6. The van der Waals surface area contributed by atoms with Gasteiger partial charge >= 0.3 is 0 Å². The second kappa shape index (κ2) is 6.66. The van der Waals surface area contributed by atoms with Crippen LogP contribution in [0.15, 0.2) is 40.8 Å². The van der Waals surface area contributed by atoms with E-state index in [0.717, 1.165) is 19.3 Å². The Morgan fingerprint density at radius 2 is 2.15 bits per heavy atom. The molecule has 4 rings (SSSR count). The van der Waals surface area contributed by atoms with Crippen molar-refractivity contribution >= 4 is 19.4 Å². The van der Waals surface area contributed by atoms with Crippen LogP contribution >= 0.6 is 0 Å². The fourth-order valence-corrected chi connectivity index (χ4v) is 3.14. The molecular weight excluding hydrogens is 333 g/mol. The molecule has 130 valence electrons. The average Bonchev–Trinajstić information content (AvgIpc) is 3.30. The van der Waals surface area contributed by atoms with Crippen molar-refractivity contribution in [3.8, 4) is 11.4 Å². The van der Waals surface area contributed by atoms with Crippen molar-refractivity contribution < 1.29 is 14.3 Å². The van der Waals surface area contributed by atoms with Crippen molar-refractivity contribution in [2.45, 2.75) is 25.3 Å². The number of benzene rings is 1. The Morgan fingerprint density at radius 3 is 2.92 bits per heavy atom. The molecule has 2 aromatic heterocycles. The van der Waals surface area contributed by atoms with Crippen LogP contribution in [0.1, 0.15) is 41.7 Å². The zero-order valence-electron chi connectivity index (χ0n) is 13.9. The van der Waals surface area contributed by atoms with Gasteiger partial charge in [-0.3, -0.25) is 4.79 Å². The number of likely N-dealkylation sites (tertiary alicyclic amines) is 1. The van der Waals surface area contributed by atoms with Crippen LogP contribution in [0.5, 0.6) is 5.75 Å². The Balaban J connectivity index is 1.62. The number of aromatic nitrogens is 4. The topological polar surface area (TPSA) is 97.3 Å². The summed E-state index contributed by atoms with van der Waals surface area (Å²) in [5.74, 6) is 0.544. The Labute approximate surface area is 150 Å². The van der Waals surface area contributed by atoms with E-state index in [0.29, 0.717) is 18.1 Å². The summed E-state index contributed by atoms with van der Waals surface area (Å²) >= 11 is 0. The van der Waals surface area contributed by atoms with E-state index in [4.69, 9.17) is 12.3 Å². The SMILES string of the molecule is [B]c1ccc(C(=O)N2CCCCC2c2nnn(-c3cccc(O)c3)n2)o1. The molecule has 0 bridgehead atoms. The molecule has 1 saturated heterocycles. The van der Waals surface area contributed by atoms with Crippen LogP contribution in [0.25, 0.3) is 5.69 Å². The van der Waals surface area contributed by atoms with Crippen LogP contribution in [-0.4, -0.2) is 50.5 Å². The van der Waals surface area contributed by atoms with Crippen molar-refractivity contribution in [3.63, 3.8) is 0 Å². The fraction of sp³-hybridized carbons (Fsp3) is 0.294. The molecule has 9 heteroatoms. The number of tetrazole rings is 1. The number of hydrogen-bond donors (Lipinski definition) is 1. The van der Waals surface area contributed by atoms with E-state index in [1.807, 2.05) is 0 Å². The molecule has 0 saturated carbocycles. The standard InChI is InChI=1S/C17H16BN5O3/c18-15-8-7-14(26-15)17(25)22-9-2-1-6-13(22)16-19-21-23(20-16)11-4-3-5-12(24)10-11/h3-5,7-8,10,13,24H,1-2,6,9H2. The highest BCUT2D eigenvalue weighted by Crippen LogP contribution is 2.30. The Hall–Kier alpha value is -3.10. The van der Waals surface area contributed by atoms with Gasteiger partial charge in [-0.05, 0) is 48.7 Å². The van der Waals surface area contributed by atoms with Gasteiger partial charge in [0.15, 0.2) is 19.4 Å². The van der Waals surface area contributed by atoms with E-state index < -0.39 is 0 Å². The summed E-state index contributed by atoms with van der Waals surface area (Å²) < 4.78 is 5.27. The lowest BCUT2D eigenvalue weighted by molar-refractivity contribution is 0.0569. The number of aromatic hydroxyl groups is 1. The molecular formula is C17H16BN5O3. The number of phenolic OH excluding ortho intramolecular Hbond substituents is 1. The van der Waals surface area contributed by atoms with Crippen LogP contribution in [-0.2, 0) is 0 Å². The van der Waals surface area contributed by atoms with E-state index in [1.165, 1.54) is 4.80 Å². The molecule has 1 N–H and O–H groups in total. The maximum absolute atomic E-state index is 12.8. The van der Waals surface area contributed by atoms with Gasteiger partial charge in [0.05, 0.1) is 11.7 Å². The monoisotopic (exact) mass is 349 g/mol. The Bertz CT molecular complexity index is 938. The number of carbonyl (C=O) groups is 1. The van der Waals surface area contributed by atoms with Crippen molar-refractivity contribution in [2.24, 2.45) is 0 Å². The maximum atomic E-state index is 12.8. The molecule has 1 atom stereocenters. The van der Waals surface area contributed by atoms with Crippen LogP contribution in [0.4, 0.5) is 0 Å². The number of carbonyl (C=O) groups excluding carboxylic acids is 1. The first-order valence-corrected chi connectivity index (χ1v) is 8.37. The fourth-order valence-electron chi connectivity index (χ4n) is 3.14. The summed E-state index contributed by atoms with van der Waals surface area (Å²) in [5, 5.41) is 22.2. The lowest BCUT2D eigenvalue weighted by Gasteiger charge is -2.33. The first-order valence-electron chi connectivity index (χ1n) is 8.37. The van der Waals surface area contributed by atoms with Crippen LogP contribution < -0.4 is 5.66 Å². The van der Waals surface area contributed by atoms with Gasteiger partial charge in [-0.1, -0.05) is 6.07 Å². The van der Waals surface area contributed by atoms with Crippen molar-refractivity contribution in [3.05, 3.63) is 48.0 Å². The largest absolute Gasteiger partial charge is 0.508 e. The minimum absolute atomic E-state index is 0.117. The van der Waals surface area contributed by atoms with Crippen molar-refractivity contribution in [1.29, 1.82) is 0 Å². The van der Waals surface area contributed by atoms with Gasteiger partial charge in [-0.15, -0.1) is 15.0 Å². The highest BCUT2D eigenvalue weighted by Gasteiger charge is 2.33. The van der Waals surface area contributed by atoms with Crippen LogP contribution in [0, 0.1) is 0 Å². The second-order valence-corrected chi connectivity index (χ2v) is 6.17. The van der Waals surface area contributed by atoms with E-state index in [-0.39, 0.29) is 29.1 Å². The van der Waals surface area contributed by atoms with E-state index in [9.17, 15) is 9.90 Å². The third-order valence-electron chi connectivity index (χ3n) is 4.39. The predicted octanol–water partition coefficient (Wildman–Crippen LogP) is 1.12. The van der Waals surface area contributed by atoms with Crippen molar-refractivity contribution in [1.82, 2.24) is 25.1 Å². The zero-order chi connectivity index (χ0) is 18.1. The number of rotatable bonds is 3. The number of piperidine rings is 1. The third-order valence-corrected chi connectivity index (χ3v) is 4.39. The maximum Gasteiger partial charge on any atom is 0.290 e. The first kappa shape index (κ1) is 16.4. The zero-order valence-corrected chi connectivity index (χ0v) is 13.9. The van der Waals surface area contributed by atoms with E-state index >= 15 is 0 Å². The molecule has 8 nitrogen and oxygen atoms in total. The van der Waals surface area contributed by atoms with Gasteiger partial charge in [0.1, 0.15) is 5.75 Å². The molecule has 3 aromatic rings. The highest BCUT2D eigenvalue weighted by atomic mass is 16.3. The summed E-state index contributed by atoms with van der Waals surface area (Å²) in [4.78, 5) is 15.8. The first-order chi connectivity index (χ1) is 12.6. The summed E-state index contributed by atoms with van der Waals surface area (Å²) in [6, 6.07) is 9.42. The predicted molar refractivity (Wildman–Crippen MR) is 92.5 cm³/mol. The summed E-state index contributed by atoms with van der Waals surface area (Å²) in [6.07, 6.45) is 2.61. The molecule has 1 amide bonds. The normalized spacial score (nSPS) is 17.4. The molecule has 26 heavy (non-hydrogen) atoms. The second-order valence-electron chi connectivity index (χ2n) is 6.17. The van der Waals surface area contributed by atoms with Crippen LogP contribution in [0.2, 0.25) is 0 Å². The molecule has 1 fully saturated rings. The minimum atomic E-state index is -0.284. The average molecular weight is 349 g/mol. The molecule has 0 aliphatic carbocycles. The summed E-state index contributed by atoms with van der Waals surface area (Å²) in [6.45, 7) is 0.588. The number of phenols is 1. The molecule has 0 spiro atoms. The summed E-state index contributed by atoms with van der Waals surface area (Å²) in [5.41, 5.74) is 0.797. The molecule has 1 aliphatic heterocycles. The minimum Gasteiger partial charge on any atom is -0.508 e. The van der Waals surface area contributed by atoms with Gasteiger partial charge in [0.25, 0.3) is 5.91 Å². The van der Waals surface area contributed by atoms with Gasteiger partial charge in [-0.25, -0.2) is 0 Å². The molecule has 3 heterocycles. The van der Waals surface area contributed by atoms with Crippen LogP contribution in [0.3, 0.4) is 0 Å². The molecule has 1 unspecified atom stereocenters. The Kier molecular flexibility index (Phi) is 4.20. The molecule has 1 aliphatic rings. The number of furan rings is 1. The number of amides is 1. The number of nitrogens with zero attached hydrogens (tertiary/aromatic N) is 5. The van der Waals surface area contributed by atoms with Gasteiger partial charge in [0, 0.05) is 18.3 Å². The lowest BCUT2D eigenvalue weighted by atomic mass is 10.0. The van der Waals surface area contributed by atoms with Gasteiger partial charge in [-0.2, -0.15) is 0 Å². The van der Waals surface area contributed by atoms with Gasteiger partial charge < -0.3 is 14.4 Å². The quantitative estimate of drug-likeness (QED) is 0.712. The van der Waals surface area contributed by atoms with E-state index in [1.54, 1.807) is 41.3 Å².